The van der Waals surface area contributed by atoms with E-state index in [1.54, 1.807) is 0 Å². The van der Waals surface area contributed by atoms with Crippen molar-refractivity contribution in [3.05, 3.63) is 35.9 Å². The molecule has 1 N–H and O–H groups in total. The Morgan fingerprint density at radius 1 is 0.788 bits per heavy atom. The van der Waals surface area contributed by atoms with Gasteiger partial charge in [-0.3, -0.25) is 14.4 Å². The van der Waals surface area contributed by atoms with Crippen LogP contribution < -0.4 is 5.32 Å². The summed E-state index contributed by atoms with van der Waals surface area (Å²) in [6, 6.07) is 9.97. The molecule has 0 bridgehead atoms. The fourth-order valence-corrected chi connectivity index (χ4v) is 14.4. The number of likely N-dealkylation sites (tertiary alicyclic amines) is 1. The summed E-state index contributed by atoms with van der Waals surface area (Å²) in [5.41, 5.74) is 1.02. The molecule has 7 fully saturated rings. The first-order valence-electron chi connectivity index (χ1n) is 21.7. The maximum atomic E-state index is 14.3. The Labute approximate surface area is 314 Å². The first kappa shape index (κ1) is 36.8. The number of amides is 1. The van der Waals surface area contributed by atoms with Crippen LogP contribution in [0.15, 0.2) is 30.3 Å². The number of ether oxygens (including phenoxy) is 1. The first-order chi connectivity index (χ1) is 24.9. The van der Waals surface area contributed by atoms with Gasteiger partial charge in [-0.05, 0) is 169 Å². The van der Waals surface area contributed by atoms with Gasteiger partial charge in [-0.25, -0.2) is 0 Å². The highest BCUT2D eigenvalue weighted by atomic mass is 16.5. The van der Waals surface area contributed by atoms with Crippen LogP contribution in [-0.4, -0.2) is 53.8 Å². The van der Waals surface area contributed by atoms with Gasteiger partial charge in [0, 0.05) is 24.4 Å². The Morgan fingerprint density at radius 3 is 2.23 bits per heavy atom. The largest absolute Gasteiger partial charge is 0.462 e. The summed E-state index contributed by atoms with van der Waals surface area (Å²) in [6.45, 7) is 14.9. The van der Waals surface area contributed by atoms with Gasteiger partial charge in [-0.1, -0.05) is 57.5 Å². The van der Waals surface area contributed by atoms with Crippen LogP contribution in [0.5, 0.6) is 0 Å². The minimum atomic E-state index is -0.186. The van der Waals surface area contributed by atoms with Gasteiger partial charge >= 0.3 is 5.97 Å². The normalized spacial score (nSPS) is 42.9. The van der Waals surface area contributed by atoms with Crippen LogP contribution in [0.3, 0.4) is 0 Å². The van der Waals surface area contributed by atoms with Gasteiger partial charge in [0.25, 0.3) is 0 Å². The van der Waals surface area contributed by atoms with Gasteiger partial charge in [-0.2, -0.15) is 0 Å². The molecule has 1 amide bonds. The second kappa shape index (κ2) is 14.1. The predicted molar refractivity (Wildman–Crippen MR) is 205 cm³/mol. The lowest BCUT2D eigenvalue weighted by Crippen LogP contribution is -2.60. The van der Waals surface area contributed by atoms with Gasteiger partial charge in [0.2, 0.25) is 5.91 Å². The fourth-order valence-electron chi connectivity index (χ4n) is 14.4. The van der Waals surface area contributed by atoms with Crippen molar-refractivity contribution in [3.63, 3.8) is 0 Å². The number of benzene rings is 1. The number of Topliss-reactive ketones (excluding diaryl/α,β-unsaturated/α-hetero) is 1. The maximum absolute atomic E-state index is 14.3. The number of hydrogen-bond donors (Lipinski definition) is 1. The highest BCUT2D eigenvalue weighted by Crippen LogP contribution is 2.68. The van der Waals surface area contributed by atoms with Gasteiger partial charge in [0.15, 0.2) is 0 Å². The zero-order valence-corrected chi connectivity index (χ0v) is 33.0. The summed E-state index contributed by atoms with van der Waals surface area (Å²) < 4.78 is 6.40. The Bertz CT molecular complexity index is 1490. The molecule has 1 aliphatic heterocycles. The Morgan fingerprint density at radius 2 is 1.50 bits per heavy atom. The van der Waals surface area contributed by atoms with Crippen molar-refractivity contribution in [3.8, 4) is 0 Å². The first-order valence-corrected chi connectivity index (χ1v) is 21.7. The summed E-state index contributed by atoms with van der Waals surface area (Å²) in [7, 11) is 0. The fraction of sp³-hybridized carbons (Fsp3) is 0.804. The monoisotopic (exact) mass is 713 g/mol. The minimum Gasteiger partial charge on any atom is -0.462 e. The van der Waals surface area contributed by atoms with Crippen molar-refractivity contribution in [2.24, 2.45) is 70.0 Å². The molecular weight excluding hydrogens is 645 g/mol. The molecule has 0 radical (unpaired) electrons. The SMILES string of the molecule is CC1C(C(=O)Cc2ccccc2)CC1C(=O)OC1CCC2(C)C(CCC3C4CCC5(C(=O)NC(C)(C)CN6CCCC6)CCCC5C4CCC32)C1C. The molecule has 13 atom stereocenters. The third-order valence-electron chi connectivity index (χ3n) is 17.1. The van der Waals surface area contributed by atoms with E-state index in [0.717, 1.165) is 55.5 Å². The van der Waals surface area contributed by atoms with E-state index in [4.69, 9.17) is 4.74 Å². The zero-order valence-electron chi connectivity index (χ0n) is 33.0. The molecule has 6 saturated carbocycles. The van der Waals surface area contributed by atoms with E-state index in [0.29, 0.717) is 47.8 Å². The van der Waals surface area contributed by atoms with Crippen molar-refractivity contribution < 1.29 is 19.1 Å². The van der Waals surface area contributed by atoms with Crippen LogP contribution in [0.25, 0.3) is 0 Å². The van der Waals surface area contributed by atoms with Crippen LogP contribution in [-0.2, 0) is 25.5 Å². The summed E-state index contributed by atoms with van der Waals surface area (Å²) in [5.74, 6) is 4.95. The Balaban J connectivity index is 0.875. The zero-order chi connectivity index (χ0) is 36.4. The van der Waals surface area contributed by atoms with Gasteiger partial charge in [0.1, 0.15) is 11.9 Å². The quantitative estimate of drug-likeness (QED) is 0.260. The highest BCUT2D eigenvalue weighted by molar-refractivity contribution is 5.87. The third kappa shape index (κ3) is 6.41. The van der Waals surface area contributed by atoms with Crippen molar-refractivity contribution in [1.29, 1.82) is 0 Å². The molecule has 1 aromatic rings. The molecule has 0 spiro atoms. The Hall–Kier alpha value is -2.21. The molecule has 286 valence electrons. The lowest BCUT2D eigenvalue weighted by atomic mass is 9.42. The molecule has 6 heteroatoms. The standard InChI is InChI=1S/C46H68N2O4/c1-29-35(40(49)26-31-12-7-6-8-13-31)27-36(29)42(50)52-41-20-22-45(5)37(30(41)2)17-15-33-32-19-23-46(21-11-14-39(46)34(32)16-18-38(33)45)43(51)47-44(3,4)28-48-24-9-10-25-48/h6-8,12-13,29-30,32-39,41H,9-11,14-28H2,1-5H3,(H,47,51). The third-order valence-corrected chi connectivity index (χ3v) is 17.1. The molecule has 6 nitrogen and oxygen atoms in total. The number of nitrogens with one attached hydrogen (secondary N) is 1. The average Bonchev–Trinajstić information content (AvgIpc) is 3.79. The molecule has 6 aliphatic carbocycles. The number of rotatable bonds is 9. The molecule has 0 aromatic heterocycles. The van der Waals surface area contributed by atoms with E-state index in [1.807, 2.05) is 30.3 Å². The molecule has 1 aromatic carbocycles. The molecule has 13 unspecified atom stereocenters. The lowest BCUT2D eigenvalue weighted by molar-refractivity contribution is -0.185. The van der Waals surface area contributed by atoms with Crippen LogP contribution in [0.2, 0.25) is 0 Å². The summed E-state index contributed by atoms with van der Waals surface area (Å²) in [6.07, 6.45) is 16.8. The number of ketones is 1. The predicted octanol–water partition coefficient (Wildman–Crippen LogP) is 8.66. The van der Waals surface area contributed by atoms with Crippen LogP contribution >= 0.6 is 0 Å². The van der Waals surface area contributed by atoms with Gasteiger partial charge in [0.05, 0.1) is 11.3 Å². The van der Waals surface area contributed by atoms with E-state index in [9.17, 15) is 14.4 Å². The number of fused-ring (bicyclic) bond motifs is 7. The topological polar surface area (TPSA) is 75.7 Å². The number of carbonyl (C=O) groups excluding carboxylic acids is 3. The number of carbonyl (C=O) groups is 3. The summed E-state index contributed by atoms with van der Waals surface area (Å²) in [5, 5.41) is 3.63. The molecular formula is C46H68N2O4. The van der Waals surface area contributed by atoms with Gasteiger partial charge in [-0.15, -0.1) is 0 Å². The average molecular weight is 713 g/mol. The van der Waals surface area contributed by atoms with Gasteiger partial charge < -0.3 is 15.0 Å². The molecule has 7 aliphatic rings. The summed E-state index contributed by atoms with van der Waals surface area (Å²) >= 11 is 0. The molecule has 1 saturated heterocycles. The van der Waals surface area contributed by atoms with Crippen LogP contribution in [0.4, 0.5) is 0 Å². The number of hydrogen-bond acceptors (Lipinski definition) is 5. The Kier molecular flexibility index (Phi) is 9.99. The van der Waals surface area contributed by atoms with E-state index in [1.165, 1.54) is 70.9 Å². The molecule has 52 heavy (non-hydrogen) atoms. The molecule has 8 rings (SSSR count). The van der Waals surface area contributed by atoms with Crippen molar-refractivity contribution >= 4 is 17.7 Å². The van der Waals surface area contributed by atoms with Crippen molar-refractivity contribution in [2.45, 2.75) is 143 Å². The minimum absolute atomic E-state index is 0.00764. The maximum Gasteiger partial charge on any atom is 0.309 e. The van der Waals surface area contributed by atoms with E-state index >= 15 is 0 Å². The van der Waals surface area contributed by atoms with E-state index < -0.39 is 0 Å². The van der Waals surface area contributed by atoms with E-state index in [-0.39, 0.29) is 46.6 Å². The highest BCUT2D eigenvalue weighted by Gasteiger charge is 2.63. The number of esters is 1. The lowest BCUT2D eigenvalue weighted by Gasteiger charge is -2.63. The molecule has 1 heterocycles. The second-order valence-corrected chi connectivity index (χ2v) is 20.2. The van der Waals surface area contributed by atoms with Crippen molar-refractivity contribution in [1.82, 2.24) is 10.2 Å². The van der Waals surface area contributed by atoms with Crippen molar-refractivity contribution in [2.75, 3.05) is 19.6 Å². The second-order valence-electron chi connectivity index (χ2n) is 20.2. The smallest absolute Gasteiger partial charge is 0.309 e. The number of nitrogens with zero attached hydrogens (tertiary/aromatic N) is 1. The van der Waals surface area contributed by atoms with Crippen LogP contribution in [0, 0.1) is 70.0 Å². The van der Waals surface area contributed by atoms with E-state index in [2.05, 4.69) is 44.8 Å². The summed E-state index contributed by atoms with van der Waals surface area (Å²) in [4.78, 5) is 43.5. The van der Waals surface area contributed by atoms with Crippen LogP contribution in [0.1, 0.15) is 130 Å².